The topological polar surface area (TPSA) is 64.6 Å². The molecule has 0 saturated carbocycles. The highest BCUT2D eigenvalue weighted by atomic mass is 32.2. The number of thioether (sulfide) groups is 1. The number of carbonyl (C=O) groups is 2. The molecule has 0 spiro atoms. The monoisotopic (exact) mass is 459 g/mol. The Morgan fingerprint density at radius 2 is 1.85 bits per heavy atom. The van der Waals surface area contributed by atoms with Crippen molar-refractivity contribution in [2.24, 2.45) is 0 Å². The summed E-state index contributed by atoms with van der Waals surface area (Å²) < 4.78 is 11.0. The fraction of sp³-hybridized carbons (Fsp3) is 0.185. The third-order valence-electron chi connectivity index (χ3n) is 5.35. The van der Waals surface area contributed by atoms with E-state index in [1.54, 1.807) is 30.0 Å². The minimum atomic E-state index is -0.378. The first-order valence-electron chi connectivity index (χ1n) is 10.7. The molecular weight excluding hydrogens is 434 g/mol. The van der Waals surface area contributed by atoms with Crippen LogP contribution in [0.4, 0.5) is 0 Å². The number of amides is 1. The highest BCUT2D eigenvalue weighted by molar-refractivity contribution is 7.99. The number of fused-ring (bicyclic) bond motifs is 2. The molecule has 1 N–H and O–H groups in total. The van der Waals surface area contributed by atoms with Gasteiger partial charge in [0, 0.05) is 23.9 Å². The van der Waals surface area contributed by atoms with Gasteiger partial charge in [-0.05, 0) is 41.0 Å². The SMILES string of the molecule is COC(=O)c1ccc2c(c1)C(SCCNC(=O)C=Cc1ccccc1)c1ccccc1CO2. The van der Waals surface area contributed by atoms with Crippen molar-refractivity contribution in [1.29, 1.82) is 0 Å². The van der Waals surface area contributed by atoms with Gasteiger partial charge in [0.1, 0.15) is 12.4 Å². The Balaban J connectivity index is 1.46. The molecule has 1 unspecified atom stereocenters. The second kappa shape index (κ2) is 10.9. The maximum atomic E-state index is 12.2. The van der Waals surface area contributed by atoms with Crippen molar-refractivity contribution >= 4 is 29.7 Å². The van der Waals surface area contributed by atoms with E-state index in [9.17, 15) is 9.59 Å². The third kappa shape index (κ3) is 5.65. The Bertz CT molecular complexity index is 1160. The molecule has 0 aliphatic carbocycles. The molecule has 6 heteroatoms. The maximum absolute atomic E-state index is 12.2. The molecule has 0 fully saturated rings. The van der Waals surface area contributed by atoms with E-state index in [1.165, 1.54) is 7.11 Å². The highest BCUT2D eigenvalue weighted by Gasteiger charge is 2.26. The molecule has 1 aliphatic rings. The smallest absolute Gasteiger partial charge is 0.337 e. The zero-order valence-electron chi connectivity index (χ0n) is 18.3. The van der Waals surface area contributed by atoms with E-state index in [-0.39, 0.29) is 17.1 Å². The van der Waals surface area contributed by atoms with Crippen LogP contribution in [0, 0.1) is 0 Å². The number of methoxy groups -OCH3 is 1. The van der Waals surface area contributed by atoms with Gasteiger partial charge in [0.25, 0.3) is 0 Å². The quantitative estimate of drug-likeness (QED) is 0.305. The standard InChI is InChI=1S/C27H25NO4S/c1-31-27(30)20-12-13-24-23(17-20)26(22-10-6-5-9-21(22)18-32-24)33-16-15-28-25(29)14-11-19-7-3-2-4-8-19/h2-14,17,26H,15-16,18H2,1H3,(H,28,29). The number of rotatable bonds is 7. The summed E-state index contributed by atoms with van der Waals surface area (Å²) in [7, 11) is 1.38. The van der Waals surface area contributed by atoms with Crippen LogP contribution in [0.5, 0.6) is 5.75 Å². The van der Waals surface area contributed by atoms with E-state index in [1.807, 2.05) is 54.6 Å². The van der Waals surface area contributed by atoms with Crippen LogP contribution in [0.3, 0.4) is 0 Å². The maximum Gasteiger partial charge on any atom is 0.337 e. The van der Waals surface area contributed by atoms with Crippen molar-refractivity contribution in [1.82, 2.24) is 5.32 Å². The lowest BCUT2D eigenvalue weighted by Crippen LogP contribution is -2.23. The number of carbonyl (C=O) groups excluding carboxylic acids is 2. The summed E-state index contributed by atoms with van der Waals surface area (Å²) in [6.07, 6.45) is 3.35. The fourth-order valence-corrected chi connectivity index (χ4v) is 4.93. The van der Waals surface area contributed by atoms with Gasteiger partial charge in [-0.15, -0.1) is 11.8 Å². The molecule has 0 bridgehead atoms. The van der Waals surface area contributed by atoms with Crippen LogP contribution in [-0.2, 0) is 16.1 Å². The number of esters is 1. The second-order valence-electron chi connectivity index (χ2n) is 7.52. The van der Waals surface area contributed by atoms with Gasteiger partial charge in [0.15, 0.2) is 0 Å². The normalized spacial score (nSPS) is 14.5. The molecule has 0 radical (unpaired) electrons. The molecule has 1 amide bonds. The molecule has 3 aromatic rings. The summed E-state index contributed by atoms with van der Waals surface area (Å²) >= 11 is 1.71. The molecule has 1 atom stereocenters. The number of benzene rings is 3. The first-order chi connectivity index (χ1) is 16.2. The summed E-state index contributed by atoms with van der Waals surface area (Å²) in [6, 6.07) is 23.3. The zero-order valence-corrected chi connectivity index (χ0v) is 19.1. The molecule has 3 aromatic carbocycles. The van der Waals surface area contributed by atoms with Crippen molar-refractivity contribution in [3.05, 3.63) is 107 Å². The minimum absolute atomic E-state index is 0.0277. The van der Waals surface area contributed by atoms with Crippen molar-refractivity contribution < 1.29 is 19.1 Å². The van der Waals surface area contributed by atoms with Gasteiger partial charge >= 0.3 is 5.97 Å². The number of nitrogens with one attached hydrogen (secondary N) is 1. The van der Waals surface area contributed by atoms with Gasteiger partial charge in [0.2, 0.25) is 5.91 Å². The van der Waals surface area contributed by atoms with Crippen LogP contribution in [0.15, 0.2) is 78.9 Å². The largest absolute Gasteiger partial charge is 0.489 e. The number of ether oxygens (including phenoxy) is 2. The molecule has 1 heterocycles. The van der Waals surface area contributed by atoms with Crippen LogP contribution in [0.1, 0.15) is 37.9 Å². The molecular formula is C27H25NO4S. The Labute approximate surface area is 197 Å². The average Bonchev–Trinajstić information content (AvgIpc) is 3.02. The highest BCUT2D eigenvalue weighted by Crippen LogP contribution is 2.44. The van der Waals surface area contributed by atoms with Crippen molar-refractivity contribution in [2.45, 2.75) is 11.9 Å². The van der Waals surface area contributed by atoms with Crippen molar-refractivity contribution in [3.8, 4) is 5.75 Å². The minimum Gasteiger partial charge on any atom is -0.489 e. The summed E-state index contributed by atoms with van der Waals surface area (Å²) in [5, 5.41) is 2.92. The average molecular weight is 460 g/mol. The number of hydrogen-bond donors (Lipinski definition) is 1. The Hall–Kier alpha value is -3.51. The fourth-order valence-electron chi connectivity index (χ4n) is 3.70. The van der Waals surface area contributed by atoms with Crippen molar-refractivity contribution in [3.63, 3.8) is 0 Å². The van der Waals surface area contributed by atoms with Crippen molar-refractivity contribution in [2.75, 3.05) is 19.4 Å². The predicted octanol–water partition coefficient (Wildman–Crippen LogP) is 5.02. The molecule has 0 aromatic heterocycles. The van der Waals surface area contributed by atoms with E-state index in [0.717, 1.165) is 28.0 Å². The number of hydrogen-bond acceptors (Lipinski definition) is 5. The lowest BCUT2D eigenvalue weighted by molar-refractivity contribution is -0.116. The van der Waals surface area contributed by atoms with Crippen LogP contribution in [-0.4, -0.2) is 31.3 Å². The lowest BCUT2D eigenvalue weighted by Gasteiger charge is -2.19. The molecule has 33 heavy (non-hydrogen) atoms. The van der Waals surface area contributed by atoms with E-state index in [2.05, 4.69) is 17.4 Å². The van der Waals surface area contributed by atoms with Crippen LogP contribution >= 0.6 is 11.8 Å². The summed E-state index contributed by atoms with van der Waals surface area (Å²) in [4.78, 5) is 24.3. The van der Waals surface area contributed by atoms with E-state index >= 15 is 0 Å². The molecule has 5 nitrogen and oxygen atoms in total. The lowest BCUT2D eigenvalue weighted by atomic mass is 9.98. The van der Waals surface area contributed by atoms with E-state index < -0.39 is 0 Å². The van der Waals surface area contributed by atoms with Crippen LogP contribution in [0.2, 0.25) is 0 Å². The third-order valence-corrected chi connectivity index (χ3v) is 6.63. The molecule has 4 rings (SSSR count). The van der Waals surface area contributed by atoms with E-state index in [0.29, 0.717) is 24.5 Å². The van der Waals surface area contributed by atoms with E-state index in [4.69, 9.17) is 9.47 Å². The van der Waals surface area contributed by atoms with Gasteiger partial charge in [-0.25, -0.2) is 4.79 Å². The Morgan fingerprint density at radius 1 is 1.06 bits per heavy atom. The van der Waals surface area contributed by atoms with Gasteiger partial charge in [-0.2, -0.15) is 0 Å². The van der Waals surface area contributed by atoms with Crippen LogP contribution < -0.4 is 10.1 Å². The summed E-state index contributed by atoms with van der Waals surface area (Å²) in [6.45, 7) is 0.993. The first-order valence-corrected chi connectivity index (χ1v) is 11.8. The Morgan fingerprint density at radius 3 is 2.67 bits per heavy atom. The Kier molecular flexibility index (Phi) is 7.47. The first kappa shape index (κ1) is 22.7. The van der Waals surface area contributed by atoms with Gasteiger partial charge < -0.3 is 14.8 Å². The molecule has 1 aliphatic heterocycles. The zero-order chi connectivity index (χ0) is 23.0. The summed E-state index contributed by atoms with van der Waals surface area (Å²) in [5.74, 6) is 0.950. The molecule has 0 saturated heterocycles. The van der Waals surface area contributed by atoms with Crippen LogP contribution in [0.25, 0.3) is 6.08 Å². The van der Waals surface area contributed by atoms with Gasteiger partial charge in [-0.1, -0.05) is 54.6 Å². The second-order valence-corrected chi connectivity index (χ2v) is 8.73. The van der Waals surface area contributed by atoms with Gasteiger partial charge in [-0.3, -0.25) is 4.79 Å². The summed E-state index contributed by atoms with van der Waals surface area (Å²) in [5.41, 5.74) is 4.67. The molecule has 168 valence electrons. The van der Waals surface area contributed by atoms with Gasteiger partial charge in [0.05, 0.1) is 17.9 Å². The predicted molar refractivity (Wildman–Crippen MR) is 131 cm³/mol.